The smallest absolute Gasteiger partial charge is 0.337 e. The van der Waals surface area contributed by atoms with Crippen LogP contribution in [0.3, 0.4) is 0 Å². The number of benzene rings is 1. The highest BCUT2D eigenvalue weighted by atomic mass is 16.5. The van der Waals surface area contributed by atoms with Crippen LogP contribution in [0.4, 0.5) is 5.69 Å². The zero-order valence-electron chi connectivity index (χ0n) is 10.8. The Morgan fingerprint density at radius 1 is 1.42 bits per heavy atom. The summed E-state index contributed by atoms with van der Waals surface area (Å²) in [6.07, 6.45) is 1.28. The molecule has 1 N–H and O–H groups in total. The second kappa shape index (κ2) is 5.84. The van der Waals surface area contributed by atoms with E-state index in [4.69, 9.17) is 9.84 Å². The van der Waals surface area contributed by atoms with Gasteiger partial charge in [-0.05, 0) is 24.5 Å². The Kier molecular flexibility index (Phi) is 4.16. The van der Waals surface area contributed by atoms with E-state index >= 15 is 0 Å². The first kappa shape index (κ1) is 13.5. The minimum atomic E-state index is -1.03. The molecule has 1 aromatic rings. The molecular weight excluding hydrogens is 246 g/mol. The minimum Gasteiger partial charge on any atom is -0.478 e. The van der Waals surface area contributed by atoms with Gasteiger partial charge in [0.2, 0.25) is 5.91 Å². The van der Waals surface area contributed by atoms with E-state index in [1.54, 1.807) is 25.2 Å². The van der Waals surface area contributed by atoms with Crippen molar-refractivity contribution in [3.05, 3.63) is 29.8 Å². The maximum Gasteiger partial charge on any atom is 0.337 e. The van der Waals surface area contributed by atoms with Gasteiger partial charge in [0.15, 0.2) is 0 Å². The Balaban J connectivity index is 2.12. The number of hydrogen-bond acceptors (Lipinski definition) is 3. The first-order chi connectivity index (χ1) is 9.09. The summed E-state index contributed by atoms with van der Waals surface area (Å²) in [6.45, 7) is 1.31. The molecule has 1 atom stereocenters. The fourth-order valence-electron chi connectivity index (χ4n) is 2.21. The van der Waals surface area contributed by atoms with Crippen molar-refractivity contribution in [2.45, 2.75) is 12.8 Å². The van der Waals surface area contributed by atoms with Gasteiger partial charge >= 0.3 is 5.97 Å². The van der Waals surface area contributed by atoms with Crippen molar-refractivity contribution in [3.63, 3.8) is 0 Å². The van der Waals surface area contributed by atoms with Crippen molar-refractivity contribution in [2.75, 3.05) is 25.2 Å². The van der Waals surface area contributed by atoms with Crippen molar-refractivity contribution in [3.8, 4) is 0 Å². The molecule has 1 fully saturated rings. The van der Waals surface area contributed by atoms with E-state index in [0.717, 1.165) is 6.42 Å². The Morgan fingerprint density at radius 2 is 2.16 bits per heavy atom. The molecule has 1 amide bonds. The van der Waals surface area contributed by atoms with Gasteiger partial charge in [-0.2, -0.15) is 0 Å². The van der Waals surface area contributed by atoms with Gasteiger partial charge in [-0.25, -0.2) is 4.79 Å². The molecule has 19 heavy (non-hydrogen) atoms. The van der Waals surface area contributed by atoms with E-state index in [2.05, 4.69) is 0 Å². The molecule has 0 radical (unpaired) electrons. The topological polar surface area (TPSA) is 66.8 Å². The lowest BCUT2D eigenvalue weighted by molar-refractivity contribution is -0.119. The van der Waals surface area contributed by atoms with Gasteiger partial charge in [0.05, 0.1) is 11.3 Å². The molecule has 1 aliphatic rings. The third-order valence-corrected chi connectivity index (χ3v) is 3.36. The molecule has 102 valence electrons. The van der Waals surface area contributed by atoms with Crippen LogP contribution in [-0.2, 0) is 9.53 Å². The van der Waals surface area contributed by atoms with Crippen LogP contribution in [0.5, 0.6) is 0 Å². The largest absolute Gasteiger partial charge is 0.478 e. The van der Waals surface area contributed by atoms with Gasteiger partial charge in [-0.3, -0.25) is 4.79 Å². The summed E-state index contributed by atoms with van der Waals surface area (Å²) >= 11 is 0. The molecule has 1 aromatic carbocycles. The molecule has 1 heterocycles. The van der Waals surface area contributed by atoms with Crippen LogP contribution in [0, 0.1) is 5.92 Å². The Morgan fingerprint density at radius 3 is 2.79 bits per heavy atom. The maximum atomic E-state index is 12.2. The van der Waals surface area contributed by atoms with Gasteiger partial charge in [0.25, 0.3) is 0 Å². The molecule has 0 aliphatic carbocycles. The standard InChI is InChI=1S/C14H17NO4/c1-15(13(16)8-10-6-7-19-9-10)12-5-3-2-4-11(12)14(17)18/h2-5,10H,6-9H2,1H3,(H,17,18). The third-order valence-electron chi connectivity index (χ3n) is 3.36. The van der Waals surface area contributed by atoms with E-state index in [0.29, 0.717) is 25.3 Å². The summed E-state index contributed by atoms with van der Waals surface area (Å²) in [5.74, 6) is -0.865. The van der Waals surface area contributed by atoms with Gasteiger partial charge in [-0.1, -0.05) is 12.1 Å². The number of aromatic carboxylic acids is 1. The molecule has 5 heteroatoms. The monoisotopic (exact) mass is 263 g/mol. The van der Waals surface area contributed by atoms with Crippen LogP contribution in [0.2, 0.25) is 0 Å². The highest BCUT2D eigenvalue weighted by molar-refractivity contribution is 6.01. The predicted molar refractivity (Wildman–Crippen MR) is 70.4 cm³/mol. The van der Waals surface area contributed by atoms with Crippen molar-refractivity contribution in [1.82, 2.24) is 0 Å². The second-order valence-electron chi connectivity index (χ2n) is 4.71. The molecule has 0 spiro atoms. The first-order valence-electron chi connectivity index (χ1n) is 6.26. The third kappa shape index (κ3) is 3.12. The number of carbonyl (C=O) groups is 2. The van der Waals surface area contributed by atoms with E-state index < -0.39 is 5.97 Å². The number of amides is 1. The van der Waals surface area contributed by atoms with E-state index in [-0.39, 0.29) is 17.4 Å². The van der Waals surface area contributed by atoms with Crippen LogP contribution in [0.1, 0.15) is 23.2 Å². The van der Waals surface area contributed by atoms with E-state index in [1.165, 1.54) is 11.0 Å². The molecule has 1 saturated heterocycles. The van der Waals surface area contributed by atoms with Gasteiger partial charge in [0.1, 0.15) is 0 Å². The average Bonchev–Trinajstić information content (AvgIpc) is 2.90. The van der Waals surface area contributed by atoms with E-state index in [1.807, 2.05) is 0 Å². The Hall–Kier alpha value is -1.88. The van der Waals surface area contributed by atoms with Gasteiger partial charge in [0, 0.05) is 26.7 Å². The van der Waals surface area contributed by atoms with Crippen molar-refractivity contribution >= 4 is 17.6 Å². The molecule has 0 saturated carbocycles. The fraction of sp³-hybridized carbons (Fsp3) is 0.429. The Labute approximate surface area is 111 Å². The normalized spacial score (nSPS) is 18.3. The molecule has 1 unspecified atom stereocenters. The van der Waals surface area contributed by atoms with Crippen LogP contribution >= 0.6 is 0 Å². The molecular formula is C14H17NO4. The van der Waals surface area contributed by atoms with Crippen LogP contribution < -0.4 is 4.90 Å². The lowest BCUT2D eigenvalue weighted by atomic mass is 10.0. The van der Waals surface area contributed by atoms with Crippen molar-refractivity contribution in [1.29, 1.82) is 0 Å². The van der Waals surface area contributed by atoms with Gasteiger partial charge in [-0.15, -0.1) is 0 Å². The van der Waals surface area contributed by atoms with E-state index in [9.17, 15) is 9.59 Å². The van der Waals surface area contributed by atoms with Crippen molar-refractivity contribution < 1.29 is 19.4 Å². The fourth-order valence-corrected chi connectivity index (χ4v) is 2.21. The predicted octanol–water partition coefficient (Wildman–Crippen LogP) is 1.77. The minimum absolute atomic E-state index is 0.0794. The zero-order valence-corrected chi connectivity index (χ0v) is 10.8. The lowest BCUT2D eigenvalue weighted by Gasteiger charge is -2.20. The number of carboxylic acids is 1. The van der Waals surface area contributed by atoms with Crippen molar-refractivity contribution in [2.24, 2.45) is 5.92 Å². The number of carbonyl (C=O) groups excluding carboxylic acids is 1. The summed E-state index contributed by atoms with van der Waals surface area (Å²) < 4.78 is 5.24. The summed E-state index contributed by atoms with van der Waals surface area (Å²) in [5, 5.41) is 9.12. The molecule has 5 nitrogen and oxygen atoms in total. The maximum absolute atomic E-state index is 12.2. The molecule has 0 aromatic heterocycles. The SMILES string of the molecule is CN(C(=O)CC1CCOC1)c1ccccc1C(=O)O. The quantitative estimate of drug-likeness (QED) is 0.899. The van der Waals surface area contributed by atoms with Crippen LogP contribution in [0.15, 0.2) is 24.3 Å². The summed E-state index contributed by atoms with van der Waals surface area (Å²) in [6, 6.07) is 6.52. The van der Waals surface area contributed by atoms with Crippen LogP contribution in [0.25, 0.3) is 0 Å². The van der Waals surface area contributed by atoms with Gasteiger partial charge < -0.3 is 14.7 Å². The number of ether oxygens (including phenoxy) is 1. The number of anilines is 1. The molecule has 1 aliphatic heterocycles. The second-order valence-corrected chi connectivity index (χ2v) is 4.71. The summed E-state index contributed by atoms with van der Waals surface area (Å²) in [7, 11) is 1.61. The number of hydrogen-bond donors (Lipinski definition) is 1. The number of carboxylic acid groups (broad SMARTS) is 1. The summed E-state index contributed by atoms with van der Waals surface area (Å²) in [4.78, 5) is 24.7. The summed E-state index contributed by atoms with van der Waals surface area (Å²) in [5.41, 5.74) is 0.569. The van der Waals surface area contributed by atoms with Crippen LogP contribution in [-0.4, -0.2) is 37.2 Å². The number of nitrogens with zero attached hydrogens (tertiary/aromatic N) is 1. The Bertz CT molecular complexity index is 480. The highest BCUT2D eigenvalue weighted by Crippen LogP contribution is 2.23. The zero-order chi connectivity index (χ0) is 13.8. The lowest BCUT2D eigenvalue weighted by Crippen LogP contribution is -2.29. The first-order valence-corrected chi connectivity index (χ1v) is 6.26. The molecule has 0 bridgehead atoms. The number of rotatable bonds is 4. The average molecular weight is 263 g/mol. The number of para-hydroxylation sites is 1. The highest BCUT2D eigenvalue weighted by Gasteiger charge is 2.23. The molecule has 2 rings (SSSR count).